The highest BCUT2D eigenvalue weighted by molar-refractivity contribution is 6.30. The molecule has 1 aliphatic heterocycles. The zero-order valence-electron chi connectivity index (χ0n) is 15.9. The predicted octanol–water partition coefficient (Wildman–Crippen LogP) is 4.46. The van der Waals surface area contributed by atoms with E-state index >= 15 is 0 Å². The van der Waals surface area contributed by atoms with Crippen molar-refractivity contribution in [3.8, 4) is 0 Å². The zero-order chi connectivity index (χ0) is 17.2. The number of piperazine rings is 1. The number of rotatable bonds is 4. The lowest BCUT2D eigenvalue weighted by Gasteiger charge is -2.44. The van der Waals surface area contributed by atoms with Gasteiger partial charge in [0, 0.05) is 43.7 Å². The predicted molar refractivity (Wildman–Crippen MR) is 115 cm³/mol. The van der Waals surface area contributed by atoms with Crippen LogP contribution in [0.4, 0.5) is 0 Å². The van der Waals surface area contributed by atoms with Gasteiger partial charge in [0.1, 0.15) is 0 Å². The summed E-state index contributed by atoms with van der Waals surface area (Å²) in [5, 5.41) is 12.3. The minimum atomic E-state index is -0.597. The quantitative estimate of drug-likeness (QED) is 0.774. The van der Waals surface area contributed by atoms with Crippen LogP contribution in [0, 0.1) is 5.92 Å². The fourth-order valence-corrected chi connectivity index (χ4v) is 4.41. The molecule has 2 aliphatic rings. The van der Waals surface area contributed by atoms with Gasteiger partial charge in [-0.15, -0.1) is 24.8 Å². The number of hydrogen-bond donors (Lipinski definition) is 1. The van der Waals surface area contributed by atoms with Crippen molar-refractivity contribution in [1.82, 2.24) is 9.80 Å². The van der Waals surface area contributed by atoms with Crippen molar-refractivity contribution in [2.45, 2.75) is 44.1 Å². The van der Waals surface area contributed by atoms with E-state index in [0.717, 1.165) is 69.3 Å². The lowest BCUT2D eigenvalue weighted by Crippen LogP contribution is -2.50. The number of nitrogens with zero attached hydrogens (tertiary/aromatic N) is 2. The Balaban J connectivity index is 0.00000169. The van der Waals surface area contributed by atoms with E-state index < -0.39 is 5.60 Å². The first-order valence-corrected chi connectivity index (χ1v) is 9.73. The summed E-state index contributed by atoms with van der Waals surface area (Å²) in [6, 6.07) is 8.13. The van der Waals surface area contributed by atoms with Crippen LogP contribution in [0.5, 0.6) is 0 Å². The molecule has 1 aliphatic carbocycles. The lowest BCUT2D eigenvalue weighted by atomic mass is 9.70. The zero-order valence-corrected chi connectivity index (χ0v) is 18.3. The van der Waals surface area contributed by atoms with Crippen LogP contribution in [0.2, 0.25) is 5.02 Å². The number of halogens is 3. The average Bonchev–Trinajstić information content (AvgIpc) is 2.57. The van der Waals surface area contributed by atoms with E-state index in [9.17, 15) is 5.11 Å². The molecule has 0 bridgehead atoms. The van der Waals surface area contributed by atoms with Crippen LogP contribution in [0.3, 0.4) is 0 Å². The fraction of sp³-hybridized carbons (Fsp3) is 0.700. The molecular weight excluding hydrogens is 391 g/mol. The third-order valence-corrected chi connectivity index (χ3v) is 6.31. The number of likely N-dealkylation sites (N-methyl/N-ethyl adjacent to an activating group) is 1. The Morgan fingerprint density at radius 2 is 1.77 bits per heavy atom. The summed E-state index contributed by atoms with van der Waals surface area (Å²) in [5.74, 6) is 0.876. The number of hydrogen-bond acceptors (Lipinski definition) is 3. The molecule has 150 valence electrons. The van der Waals surface area contributed by atoms with E-state index in [1.165, 1.54) is 5.56 Å². The molecule has 1 atom stereocenters. The molecule has 1 N–H and O–H groups in total. The van der Waals surface area contributed by atoms with E-state index in [1.807, 2.05) is 12.1 Å². The first-order valence-electron chi connectivity index (χ1n) is 9.35. The molecule has 1 aromatic carbocycles. The van der Waals surface area contributed by atoms with Gasteiger partial charge in [0.15, 0.2) is 0 Å². The van der Waals surface area contributed by atoms with Crippen LogP contribution in [-0.4, -0.2) is 60.3 Å². The average molecular weight is 424 g/mol. The fourth-order valence-electron chi connectivity index (χ4n) is 4.21. The normalized spacial score (nSPS) is 28.7. The maximum absolute atomic E-state index is 11.5. The van der Waals surface area contributed by atoms with Crippen molar-refractivity contribution in [3.05, 3.63) is 34.9 Å². The topological polar surface area (TPSA) is 26.7 Å². The number of aliphatic hydroxyl groups is 1. The molecule has 0 spiro atoms. The molecule has 1 aromatic rings. The molecule has 0 amide bonds. The van der Waals surface area contributed by atoms with E-state index in [0.29, 0.717) is 0 Å². The summed E-state index contributed by atoms with van der Waals surface area (Å²) in [6.07, 6.45) is 4.05. The van der Waals surface area contributed by atoms with E-state index in [2.05, 4.69) is 35.9 Å². The van der Waals surface area contributed by atoms with Crippen LogP contribution in [0.1, 0.15) is 44.1 Å². The van der Waals surface area contributed by atoms with Crippen molar-refractivity contribution in [2.24, 2.45) is 5.92 Å². The Morgan fingerprint density at radius 1 is 1.15 bits per heavy atom. The van der Waals surface area contributed by atoms with Gasteiger partial charge in [-0.3, -0.25) is 0 Å². The molecule has 3 rings (SSSR count). The number of benzene rings is 1. The maximum Gasteiger partial charge on any atom is 0.0728 e. The van der Waals surface area contributed by atoms with E-state index in [4.69, 9.17) is 11.6 Å². The third-order valence-electron chi connectivity index (χ3n) is 6.08. The first kappa shape index (κ1) is 24.0. The second-order valence-corrected chi connectivity index (χ2v) is 8.43. The van der Waals surface area contributed by atoms with Gasteiger partial charge in [0.2, 0.25) is 0 Å². The van der Waals surface area contributed by atoms with Crippen molar-refractivity contribution in [1.29, 1.82) is 0 Å². The highest BCUT2D eigenvalue weighted by Gasteiger charge is 2.41. The van der Waals surface area contributed by atoms with Crippen LogP contribution in [0.15, 0.2) is 24.3 Å². The Labute approximate surface area is 175 Å². The van der Waals surface area contributed by atoms with Gasteiger partial charge >= 0.3 is 0 Å². The van der Waals surface area contributed by atoms with Crippen LogP contribution in [-0.2, 0) is 0 Å². The van der Waals surface area contributed by atoms with E-state index in [1.54, 1.807) is 0 Å². The van der Waals surface area contributed by atoms with Gasteiger partial charge in [-0.1, -0.05) is 30.7 Å². The molecule has 6 heteroatoms. The molecule has 2 fully saturated rings. The van der Waals surface area contributed by atoms with Crippen LogP contribution < -0.4 is 0 Å². The summed E-state index contributed by atoms with van der Waals surface area (Å²) in [7, 11) is 2.18. The van der Waals surface area contributed by atoms with Gasteiger partial charge < -0.3 is 14.9 Å². The molecular formula is C20H33Cl3N2O. The van der Waals surface area contributed by atoms with E-state index in [-0.39, 0.29) is 30.7 Å². The van der Waals surface area contributed by atoms with Crippen molar-refractivity contribution in [3.63, 3.8) is 0 Å². The second kappa shape index (κ2) is 10.5. The van der Waals surface area contributed by atoms with Gasteiger partial charge in [-0.05, 0) is 56.3 Å². The molecule has 0 aromatic heterocycles. The van der Waals surface area contributed by atoms with Crippen molar-refractivity contribution >= 4 is 36.4 Å². The molecule has 26 heavy (non-hydrogen) atoms. The minimum absolute atomic E-state index is 0. The Bertz CT molecular complexity index is 542. The molecule has 1 unspecified atom stereocenters. The van der Waals surface area contributed by atoms with Gasteiger partial charge in [0.05, 0.1) is 5.60 Å². The standard InChI is InChI=1S/C20H31ClN2O.2ClH/c1-16-6-8-20(24,9-7-16)19(17-4-3-5-18(21)14-17)15-23-12-10-22(2)11-13-23;;/h3-5,14,16,19,24H,6-13,15H2,1-2H3;2*1H. The molecule has 1 saturated carbocycles. The molecule has 0 radical (unpaired) electrons. The van der Waals surface area contributed by atoms with Gasteiger partial charge in [0.25, 0.3) is 0 Å². The summed E-state index contributed by atoms with van der Waals surface area (Å²) in [5.41, 5.74) is 0.596. The Kier molecular flexibility index (Phi) is 9.69. The minimum Gasteiger partial charge on any atom is -0.389 e. The van der Waals surface area contributed by atoms with Crippen molar-refractivity contribution in [2.75, 3.05) is 39.8 Å². The Morgan fingerprint density at radius 3 is 2.35 bits per heavy atom. The van der Waals surface area contributed by atoms with Crippen LogP contribution in [0.25, 0.3) is 0 Å². The SMILES string of the molecule is CC1CCC(O)(C(CN2CCN(C)CC2)c2cccc(Cl)c2)CC1.Cl.Cl. The highest BCUT2D eigenvalue weighted by atomic mass is 35.5. The second-order valence-electron chi connectivity index (χ2n) is 8.00. The largest absolute Gasteiger partial charge is 0.389 e. The third kappa shape index (κ3) is 5.98. The summed E-state index contributed by atoms with van der Waals surface area (Å²) in [6.45, 7) is 7.61. The molecule has 1 saturated heterocycles. The molecule has 3 nitrogen and oxygen atoms in total. The smallest absolute Gasteiger partial charge is 0.0728 e. The Hall–Kier alpha value is -0.0300. The highest BCUT2D eigenvalue weighted by Crippen LogP contribution is 2.42. The molecule has 1 heterocycles. The summed E-state index contributed by atoms with van der Waals surface area (Å²) >= 11 is 6.26. The maximum atomic E-state index is 11.5. The van der Waals surface area contributed by atoms with Gasteiger partial charge in [-0.25, -0.2) is 0 Å². The monoisotopic (exact) mass is 422 g/mol. The summed E-state index contributed by atoms with van der Waals surface area (Å²) < 4.78 is 0. The first-order chi connectivity index (χ1) is 11.5. The lowest BCUT2D eigenvalue weighted by molar-refractivity contribution is -0.0423. The summed E-state index contributed by atoms with van der Waals surface area (Å²) in [4.78, 5) is 4.89. The van der Waals surface area contributed by atoms with Gasteiger partial charge in [-0.2, -0.15) is 0 Å². The van der Waals surface area contributed by atoms with Crippen LogP contribution >= 0.6 is 36.4 Å². The van der Waals surface area contributed by atoms with Crippen molar-refractivity contribution < 1.29 is 5.11 Å².